The Labute approximate surface area is 224 Å². The smallest absolute Gasteiger partial charge is 0.416 e. The summed E-state index contributed by atoms with van der Waals surface area (Å²) in [6.07, 6.45) is -4.53. The number of carbonyl (C=O) groups is 3. The van der Waals surface area contributed by atoms with E-state index in [1.54, 1.807) is 51.2 Å². The average molecular weight is 542 g/mol. The van der Waals surface area contributed by atoms with E-state index in [0.29, 0.717) is 6.07 Å². The van der Waals surface area contributed by atoms with Gasteiger partial charge in [-0.25, -0.2) is 4.79 Å². The number of amides is 2. The summed E-state index contributed by atoms with van der Waals surface area (Å²) in [7, 11) is 0. The van der Waals surface area contributed by atoms with Gasteiger partial charge in [-0.05, 0) is 62.6 Å². The van der Waals surface area contributed by atoms with Crippen LogP contribution in [0.15, 0.2) is 60.8 Å². The lowest BCUT2D eigenvalue weighted by Crippen LogP contribution is -2.28. The van der Waals surface area contributed by atoms with Gasteiger partial charge >= 0.3 is 12.3 Å². The summed E-state index contributed by atoms with van der Waals surface area (Å²) in [6, 6.07) is 12.9. The highest BCUT2D eigenvalue weighted by Crippen LogP contribution is 2.34. The van der Waals surface area contributed by atoms with Gasteiger partial charge in [0.1, 0.15) is 5.60 Å². The molecule has 0 aliphatic heterocycles. The Balaban J connectivity index is 1.78. The van der Waals surface area contributed by atoms with Crippen molar-refractivity contribution in [2.24, 2.45) is 0 Å². The standard InChI is InChI=1S/C29H30F3N3O4/c1-17(2)22-11-9-20(16-33-22)18-7-6-8-19(13-18)25(36)15-26(37)34-24-14-21(29(30,31)32)10-12-23(24)35-27(38)39-28(3,4)5/h6-14,16-17H,15H2,1-5H3,(H,34,37)(H,35,38). The van der Waals surface area contributed by atoms with Crippen molar-refractivity contribution >= 4 is 29.2 Å². The van der Waals surface area contributed by atoms with Crippen LogP contribution in [0.4, 0.5) is 29.3 Å². The number of halogens is 3. The number of benzene rings is 2. The fourth-order valence-corrected chi connectivity index (χ4v) is 3.58. The molecule has 1 heterocycles. The van der Waals surface area contributed by atoms with Crippen molar-refractivity contribution in [2.75, 3.05) is 10.6 Å². The number of rotatable bonds is 7. The average Bonchev–Trinajstić information content (AvgIpc) is 2.83. The Morgan fingerprint density at radius 3 is 2.21 bits per heavy atom. The number of alkyl halides is 3. The summed E-state index contributed by atoms with van der Waals surface area (Å²) in [6.45, 7) is 8.93. The number of pyridine rings is 1. The summed E-state index contributed by atoms with van der Waals surface area (Å²) < 4.78 is 45.1. The van der Waals surface area contributed by atoms with Crippen LogP contribution in [-0.2, 0) is 15.7 Å². The molecule has 0 spiro atoms. The largest absolute Gasteiger partial charge is 0.444 e. The third-order valence-corrected chi connectivity index (χ3v) is 5.47. The highest BCUT2D eigenvalue weighted by Gasteiger charge is 2.31. The van der Waals surface area contributed by atoms with E-state index in [9.17, 15) is 27.6 Å². The van der Waals surface area contributed by atoms with Crippen LogP contribution in [0.3, 0.4) is 0 Å². The van der Waals surface area contributed by atoms with Crippen molar-refractivity contribution in [3.63, 3.8) is 0 Å². The molecule has 0 fully saturated rings. The molecule has 1 aromatic heterocycles. The number of hydrogen-bond donors (Lipinski definition) is 2. The van der Waals surface area contributed by atoms with Crippen molar-refractivity contribution in [2.45, 2.75) is 58.7 Å². The van der Waals surface area contributed by atoms with Crippen LogP contribution in [0.5, 0.6) is 0 Å². The molecule has 2 N–H and O–H groups in total. The molecule has 2 aromatic carbocycles. The Morgan fingerprint density at radius 1 is 0.897 bits per heavy atom. The van der Waals surface area contributed by atoms with Crippen molar-refractivity contribution in [3.8, 4) is 11.1 Å². The quantitative estimate of drug-likeness (QED) is 0.239. The summed E-state index contributed by atoms with van der Waals surface area (Å²) >= 11 is 0. The molecule has 206 valence electrons. The van der Waals surface area contributed by atoms with Crippen LogP contribution in [0.1, 0.15) is 68.6 Å². The molecule has 10 heteroatoms. The third kappa shape index (κ3) is 8.39. The Morgan fingerprint density at radius 2 is 1.62 bits per heavy atom. The Kier molecular flexibility index (Phi) is 8.78. The lowest BCUT2D eigenvalue weighted by atomic mass is 10.00. The topological polar surface area (TPSA) is 97.4 Å². The van der Waals surface area contributed by atoms with Crippen LogP contribution in [0.2, 0.25) is 0 Å². The highest BCUT2D eigenvalue weighted by molar-refractivity contribution is 6.12. The highest BCUT2D eigenvalue weighted by atomic mass is 19.4. The number of hydrogen-bond acceptors (Lipinski definition) is 5. The van der Waals surface area contributed by atoms with Crippen LogP contribution in [0, 0.1) is 0 Å². The second-order valence-electron chi connectivity index (χ2n) is 10.2. The maximum atomic E-state index is 13.3. The molecule has 0 unspecified atom stereocenters. The minimum atomic E-state index is -4.69. The molecule has 3 aromatic rings. The number of Topliss-reactive ketones (excluding diaryl/α,β-unsaturated/α-hetero) is 1. The summed E-state index contributed by atoms with van der Waals surface area (Å²) in [4.78, 5) is 42.2. The molecule has 7 nitrogen and oxygen atoms in total. The van der Waals surface area contributed by atoms with Crippen molar-refractivity contribution in [1.82, 2.24) is 4.98 Å². The van der Waals surface area contributed by atoms with Gasteiger partial charge in [0.15, 0.2) is 5.78 Å². The Hall–Kier alpha value is -4.21. The van der Waals surface area contributed by atoms with Gasteiger partial charge in [0.2, 0.25) is 5.91 Å². The lowest BCUT2D eigenvalue weighted by molar-refractivity contribution is -0.137. The van der Waals surface area contributed by atoms with Gasteiger partial charge in [0.05, 0.1) is 23.4 Å². The first kappa shape index (κ1) is 29.3. The first-order chi connectivity index (χ1) is 18.1. The summed E-state index contributed by atoms with van der Waals surface area (Å²) in [5, 5.41) is 4.65. The number of ether oxygens (including phenoxy) is 1. The predicted molar refractivity (Wildman–Crippen MR) is 143 cm³/mol. The van der Waals surface area contributed by atoms with Crippen LogP contribution in [-0.4, -0.2) is 28.4 Å². The summed E-state index contributed by atoms with van der Waals surface area (Å²) in [5.74, 6) is -1.11. The number of aromatic nitrogens is 1. The van der Waals surface area contributed by atoms with Crippen LogP contribution < -0.4 is 10.6 Å². The van der Waals surface area contributed by atoms with Gasteiger partial charge in [-0.2, -0.15) is 13.2 Å². The van der Waals surface area contributed by atoms with Crippen LogP contribution >= 0.6 is 0 Å². The molecule has 0 bridgehead atoms. The van der Waals surface area contributed by atoms with Gasteiger partial charge in [0.25, 0.3) is 0 Å². The number of nitrogens with one attached hydrogen (secondary N) is 2. The normalized spacial score (nSPS) is 11.7. The van der Waals surface area contributed by atoms with E-state index in [0.717, 1.165) is 29.0 Å². The van der Waals surface area contributed by atoms with E-state index in [2.05, 4.69) is 15.6 Å². The van der Waals surface area contributed by atoms with Gasteiger partial charge in [-0.3, -0.25) is 19.9 Å². The minimum absolute atomic E-state index is 0.114. The van der Waals surface area contributed by atoms with Gasteiger partial charge in [-0.15, -0.1) is 0 Å². The molecule has 39 heavy (non-hydrogen) atoms. The lowest BCUT2D eigenvalue weighted by Gasteiger charge is -2.21. The van der Waals surface area contributed by atoms with E-state index < -0.39 is 41.5 Å². The number of ketones is 1. The Bertz CT molecular complexity index is 1360. The second-order valence-corrected chi connectivity index (χ2v) is 10.2. The molecule has 0 saturated heterocycles. The van der Waals surface area contributed by atoms with Gasteiger partial charge in [-0.1, -0.05) is 38.1 Å². The van der Waals surface area contributed by atoms with E-state index in [1.165, 1.54) is 0 Å². The molecule has 0 aliphatic rings. The number of carbonyl (C=O) groups excluding carboxylic acids is 3. The van der Waals surface area contributed by atoms with Gasteiger partial charge in [0, 0.05) is 23.0 Å². The van der Waals surface area contributed by atoms with Crippen LogP contribution in [0.25, 0.3) is 11.1 Å². The number of nitrogens with zero attached hydrogens (tertiary/aromatic N) is 1. The maximum absolute atomic E-state index is 13.3. The fourth-order valence-electron chi connectivity index (χ4n) is 3.58. The van der Waals surface area contributed by atoms with Gasteiger partial charge < -0.3 is 10.1 Å². The van der Waals surface area contributed by atoms with Crippen molar-refractivity contribution < 1.29 is 32.3 Å². The predicted octanol–water partition coefficient (Wildman–Crippen LogP) is 7.45. The molecule has 0 atom stereocenters. The first-order valence-electron chi connectivity index (χ1n) is 12.2. The zero-order valence-corrected chi connectivity index (χ0v) is 22.3. The molecular formula is C29H30F3N3O4. The van der Waals surface area contributed by atoms with Crippen molar-refractivity contribution in [3.05, 3.63) is 77.6 Å². The van der Waals surface area contributed by atoms with E-state index >= 15 is 0 Å². The zero-order valence-electron chi connectivity index (χ0n) is 22.3. The van der Waals surface area contributed by atoms with E-state index in [-0.39, 0.29) is 22.9 Å². The minimum Gasteiger partial charge on any atom is -0.444 e. The van der Waals surface area contributed by atoms with E-state index in [4.69, 9.17) is 4.74 Å². The molecular weight excluding hydrogens is 511 g/mol. The molecule has 2 amide bonds. The number of anilines is 2. The van der Waals surface area contributed by atoms with E-state index in [1.807, 2.05) is 26.0 Å². The molecule has 3 rings (SSSR count). The SMILES string of the molecule is CC(C)c1ccc(-c2cccc(C(=O)CC(=O)Nc3cc(C(F)(F)F)ccc3NC(=O)OC(C)(C)C)c2)cn1. The molecule has 0 aliphatic carbocycles. The summed E-state index contributed by atoms with van der Waals surface area (Å²) in [5.41, 5.74) is 0.377. The molecule has 0 radical (unpaired) electrons. The third-order valence-electron chi connectivity index (χ3n) is 5.47. The maximum Gasteiger partial charge on any atom is 0.416 e. The fraction of sp³-hybridized carbons (Fsp3) is 0.310. The monoisotopic (exact) mass is 541 g/mol. The molecule has 0 saturated carbocycles. The second kappa shape index (κ2) is 11.7. The first-order valence-corrected chi connectivity index (χ1v) is 12.2. The zero-order chi connectivity index (χ0) is 29.0. The van der Waals surface area contributed by atoms with Crippen molar-refractivity contribution in [1.29, 1.82) is 0 Å².